The fourth-order valence-electron chi connectivity index (χ4n) is 3.32. The molecule has 0 aliphatic carbocycles. The molecule has 3 rings (SSSR count). The van der Waals surface area contributed by atoms with Gasteiger partial charge in [0.05, 0.1) is 5.52 Å². The van der Waals surface area contributed by atoms with E-state index >= 15 is 0 Å². The molecular weight excluding hydrogens is 400 g/mol. The minimum Gasteiger partial charge on any atom is -0.383 e. The molecule has 0 bridgehead atoms. The van der Waals surface area contributed by atoms with Gasteiger partial charge in [0, 0.05) is 47.8 Å². The number of pyridine rings is 1. The fraction of sp³-hybridized carbons (Fsp3) is 0.318. The molecule has 0 amide bonds. The molecule has 0 saturated carbocycles. The first-order valence-corrected chi connectivity index (χ1v) is 10.3. The predicted octanol–water partition coefficient (Wildman–Crippen LogP) is 4.96. The van der Waals surface area contributed by atoms with Crippen LogP contribution in [0.5, 0.6) is 0 Å². The summed E-state index contributed by atoms with van der Waals surface area (Å²) < 4.78 is 1.05. The van der Waals surface area contributed by atoms with E-state index < -0.39 is 0 Å². The second-order valence-electron chi connectivity index (χ2n) is 6.54. The molecule has 0 atom stereocenters. The van der Waals surface area contributed by atoms with Crippen LogP contribution in [0.4, 0.5) is 11.5 Å². The lowest BCUT2D eigenvalue weighted by atomic mass is 10.0. The Morgan fingerprint density at radius 2 is 1.85 bits per heavy atom. The second kappa shape index (κ2) is 9.20. The Labute approximate surface area is 169 Å². The van der Waals surface area contributed by atoms with Gasteiger partial charge < -0.3 is 16.0 Å². The Kier molecular flexibility index (Phi) is 6.69. The summed E-state index contributed by atoms with van der Waals surface area (Å²) >= 11 is 3.57. The van der Waals surface area contributed by atoms with E-state index in [0.717, 1.165) is 52.9 Å². The van der Waals surface area contributed by atoms with Crippen molar-refractivity contribution in [2.75, 3.05) is 29.9 Å². The first kappa shape index (κ1) is 19.6. The third-order valence-electron chi connectivity index (χ3n) is 4.78. The van der Waals surface area contributed by atoms with Gasteiger partial charge in [-0.2, -0.15) is 0 Å². The third-order valence-corrected chi connectivity index (χ3v) is 5.28. The molecule has 0 aliphatic rings. The summed E-state index contributed by atoms with van der Waals surface area (Å²) in [5, 5.41) is 4.56. The summed E-state index contributed by atoms with van der Waals surface area (Å²) in [6.07, 6.45) is 1.04. The van der Waals surface area contributed by atoms with E-state index in [4.69, 9.17) is 10.7 Å². The molecule has 0 unspecified atom stereocenters. The van der Waals surface area contributed by atoms with Crippen LogP contribution in [-0.2, 0) is 13.0 Å². The van der Waals surface area contributed by atoms with Gasteiger partial charge in [-0.05, 0) is 42.7 Å². The zero-order chi connectivity index (χ0) is 19.2. The Bertz CT molecular complexity index is 910. The number of aromatic nitrogens is 1. The highest BCUT2D eigenvalue weighted by atomic mass is 79.9. The molecule has 0 fully saturated rings. The highest BCUT2D eigenvalue weighted by molar-refractivity contribution is 9.10. The maximum absolute atomic E-state index is 5.71. The molecule has 4 nitrogen and oxygen atoms in total. The van der Waals surface area contributed by atoms with Crippen molar-refractivity contribution in [3.05, 3.63) is 64.1 Å². The molecule has 0 aliphatic heterocycles. The maximum Gasteiger partial charge on any atom is 0.131 e. The van der Waals surface area contributed by atoms with Crippen molar-refractivity contribution < 1.29 is 0 Å². The van der Waals surface area contributed by atoms with Crippen molar-refractivity contribution in [2.24, 2.45) is 5.73 Å². The fourth-order valence-corrected chi connectivity index (χ4v) is 3.68. The van der Waals surface area contributed by atoms with E-state index in [1.807, 2.05) is 6.07 Å². The molecule has 142 valence electrons. The highest BCUT2D eigenvalue weighted by Gasteiger charge is 2.13. The van der Waals surface area contributed by atoms with E-state index in [2.05, 4.69) is 82.5 Å². The van der Waals surface area contributed by atoms with E-state index in [-0.39, 0.29) is 0 Å². The Balaban J connectivity index is 2.01. The standard InChI is InChI=1S/C22H27BrN4/c1-3-16-7-5-6-8-17(16)15-27(4-2)22-14-21(25-12-11-24)19-13-18(23)9-10-20(19)26-22/h5-10,13-14H,3-4,11-12,15,24H2,1-2H3,(H,25,26). The number of benzene rings is 2. The lowest BCUT2D eigenvalue weighted by Gasteiger charge is -2.25. The number of fused-ring (bicyclic) bond motifs is 1. The summed E-state index contributed by atoms with van der Waals surface area (Å²) in [6.45, 7) is 7.45. The van der Waals surface area contributed by atoms with Crippen LogP contribution in [0.1, 0.15) is 25.0 Å². The second-order valence-corrected chi connectivity index (χ2v) is 7.46. The van der Waals surface area contributed by atoms with Gasteiger partial charge in [-0.3, -0.25) is 0 Å². The monoisotopic (exact) mass is 426 g/mol. The van der Waals surface area contributed by atoms with Crippen LogP contribution in [0.25, 0.3) is 10.9 Å². The molecular formula is C22H27BrN4. The van der Waals surface area contributed by atoms with Crippen molar-refractivity contribution in [3.8, 4) is 0 Å². The minimum absolute atomic E-state index is 0.592. The van der Waals surface area contributed by atoms with Crippen molar-refractivity contribution in [1.29, 1.82) is 0 Å². The average Bonchev–Trinajstić information content (AvgIpc) is 2.70. The number of nitrogens with zero attached hydrogens (tertiary/aromatic N) is 2. The van der Waals surface area contributed by atoms with Crippen LogP contribution >= 0.6 is 15.9 Å². The van der Waals surface area contributed by atoms with Gasteiger partial charge in [0.25, 0.3) is 0 Å². The molecule has 27 heavy (non-hydrogen) atoms. The summed E-state index contributed by atoms with van der Waals surface area (Å²) in [7, 11) is 0. The number of anilines is 2. The van der Waals surface area contributed by atoms with E-state index in [0.29, 0.717) is 6.54 Å². The summed E-state index contributed by atoms with van der Waals surface area (Å²) in [4.78, 5) is 7.26. The first-order chi connectivity index (χ1) is 13.2. The van der Waals surface area contributed by atoms with Crippen LogP contribution in [0, 0.1) is 0 Å². The van der Waals surface area contributed by atoms with Crippen LogP contribution in [0.2, 0.25) is 0 Å². The van der Waals surface area contributed by atoms with Gasteiger partial charge >= 0.3 is 0 Å². The average molecular weight is 427 g/mol. The number of nitrogens with two attached hydrogens (primary N) is 1. The number of hydrogen-bond acceptors (Lipinski definition) is 4. The molecule has 3 N–H and O–H groups in total. The molecule has 3 aromatic rings. The van der Waals surface area contributed by atoms with Crippen molar-refractivity contribution >= 4 is 38.3 Å². The summed E-state index contributed by atoms with van der Waals surface area (Å²) in [5.74, 6) is 0.984. The van der Waals surface area contributed by atoms with Crippen molar-refractivity contribution in [2.45, 2.75) is 26.8 Å². The molecule has 0 spiro atoms. The Morgan fingerprint density at radius 3 is 2.56 bits per heavy atom. The maximum atomic E-state index is 5.71. The number of nitrogens with one attached hydrogen (secondary N) is 1. The molecule has 1 aromatic heterocycles. The predicted molar refractivity (Wildman–Crippen MR) is 120 cm³/mol. The zero-order valence-electron chi connectivity index (χ0n) is 16.0. The minimum atomic E-state index is 0.592. The number of hydrogen-bond donors (Lipinski definition) is 2. The van der Waals surface area contributed by atoms with E-state index in [1.165, 1.54) is 11.1 Å². The number of rotatable bonds is 8. The van der Waals surface area contributed by atoms with Gasteiger partial charge in [-0.15, -0.1) is 0 Å². The largest absolute Gasteiger partial charge is 0.383 e. The van der Waals surface area contributed by atoms with Crippen LogP contribution < -0.4 is 16.0 Å². The summed E-state index contributed by atoms with van der Waals surface area (Å²) in [6, 6.07) is 17.0. The van der Waals surface area contributed by atoms with Crippen LogP contribution in [-0.4, -0.2) is 24.6 Å². The Hall–Kier alpha value is -2.11. The third kappa shape index (κ3) is 4.60. The molecule has 0 radical (unpaired) electrons. The van der Waals surface area contributed by atoms with E-state index in [1.54, 1.807) is 0 Å². The number of halogens is 1. The van der Waals surface area contributed by atoms with Crippen LogP contribution in [0.15, 0.2) is 53.0 Å². The van der Waals surface area contributed by atoms with Gasteiger partial charge in [0.2, 0.25) is 0 Å². The summed E-state index contributed by atoms with van der Waals surface area (Å²) in [5.41, 5.74) is 10.5. The lowest BCUT2D eigenvalue weighted by Crippen LogP contribution is -2.24. The molecule has 5 heteroatoms. The topological polar surface area (TPSA) is 54.2 Å². The lowest BCUT2D eigenvalue weighted by molar-refractivity contribution is 0.808. The van der Waals surface area contributed by atoms with Gasteiger partial charge in [-0.1, -0.05) is 47.1 Å². The van der Waals surface area contributed by atoms with Crippen molar-refractivity contribution in [3.63, 3.8) is 0 Å². The SMILES string of the molecule is CCc1ccccc1CN(CC)c1cc(NCCN)c2cc(Br)ccc2n1. The van der Waals surface area contributed by atoms with Gasteiger partial charge in [-0.25, -0.2) is 4.98 Å². The van der Waals surface area contributed by atoms with Gasteiger partial charge in [0.15, 0.2) is 0 Å². The quantitative estimate of drug-likeness (QED) is 0.534. The smallest absolute Gasteiger partial charge is 0.131 e. The van der Waals surface area contributed by atoms with E-state index in [9.17, 15) is 0 Å². The Morgan fingerprint density at radius 1 is 1.07 bits per heavy atom. The first-order valence-electron chi connectivity index (χ1n) is 9.52. The molecule has 0 saturated heterocycles. The highest BCUT2D eigenvalue weighted by Crippen LogP contribution is 2.30. The number of aryl methyl sites for hydroxylation is 1. The molecule has 2 aromatic carbocycles. The zero-order valence-corrected chi connectivity index (χ0v) is 17.6. The van der Waals surface area contributed by atoms with Crippen LogP contribution in [0.3, 0.4) is 0 Å². The molecule has 1 heterocycles. The van der Waals surface area contributed by atoms with Crippen molar-refractivity contribution in [1.82, 2.24) is 4.98 Å². The normalized spacial score (nSPS) is 11.0. The van der Waals surface area contributed by atoms with Gasteiger partial charge in [0.1, 0.15) is 5.82 Å².